The predicted molar refractivity (Wildman–Crippen MR) is 80.6 cm³/mol. The van der Waals surface area contributed by atoms with Gasteiger partial charge in [-0.15, -0.1) is 0 Å². The number of hydrogen-bond donors (Lipinski definition) is 1. The lowest BCUT2D eigenvalue weighted by molar-refractivity contribution is 0.220. The van der Waals surface area contributed by atoms with Gasteiger partial charge in [0, 0.05) is 5.56 Å². The molecule has 0 heterocycles. The Bertz CT molecular complexity index is 580. The Morgan fingerprint density at radius 1 is 1.10 bits per heavy atom. The molecule has 0 aromatic heterocycles. The van der Waals surface area contributed by atoms with Gasteiger partial charge in [0.1, 0.15) is 11.9 Å². The highest BCUT2D eigenvalue weighted by Gasteiger charge is 2.16. The lowest BCUT2D eigenvalue weighted by atomic mass is 9.95. The molecular formula is C17H18ClFO. The number of aliphatic hydroxyl groups excluding tert-OH is 1. The van der Waals surface area contributed by atoms with Crippen molar-refractivity contribution in [1.29, 1.82) is 0 Å². The average molecular weight is 293 g/mol. The van der Waals surface area contributed by atoms with Crippen LogP contribution in [0.4, 0.5) is 4.39 Å². The Morgan fingerprint density at radius 2 is 1.70 bits per heavy atom. The topological polar surface area (TPSA) is 20.2 Å². The first kappa shape index (κ1) is 15.0. The molecule has 2 rings (SSSR count). The maximum Gasteiger partial charge on any atom is 0.142 e. The molecule has 20 heavy (non-hydrogen) atoms. The molecule has 0 aliphatic rings. The van der Waals surface area contributed by atoms with Crippen molar-refractivity contribution in [2.45, 2.75) is 32.3 Å². The zero-order valence-corrected chi connectivity index (χ0v) is 12.4. The summed E-state index contributed by atoms with van der Waals surface area (Å²) in [5.41, 5.74) is 2.33. The molecule has 1 nitrogen and oxygen atoms in total. The van der Waals surface area contributed by atoms with E-state index in [0.717, 1.165) is 6.42 Å². The fraction of sp³-hybridized carbons (Fsp3) is 0.294. The Balaban J connectivity index is 2.29. The molecule has 0 amide bonds. The highest BCUT2D eigenvalue weighted by atomic mass is 35.5. The van der Waals surface area contributed by atoms with Gasteiger partial charge in [-0.3, -0.25) is 0 Å². The molecule has 0 spiro atoms. The number of benzene rings is 2. The molecule has 106 valence electrons. The van der Waals surface area contributed by atoms with E-state index in [1.54, 1.807) is 12.1 Å². The molecule has 2 atom stereocenters. The largest absolute Gasteiger partial charge is 0.384 e. The Labute approximate surface area is 124 Å². The monoisotopic (exact) mass is 292 g/mol. The Kier molecular flexibility index (Phi) is 4.79. The lowest BCUT2D eigenvalue weighted by Gasteiger charge is -2.15. The molecule has 0 aliphatic carbocycles. The van der Waals surface area contributed by atoms with Gasteiger partial charge in [-0.2, -0.15) is 0 Å². The van der Waals surface area contributed by atoms with Crippen LogP contribution in [0.2, 0.25) is 5.02 Å². The molecule has 0 aliphatic heterocycles. The Morgan fingerprint density at radius 3 is 2.30 bits per heavy atom. The van der Waals surface area contributed by atoms with E-state index in [1.165, 1.54) is 11.6 Å². The van der Waals surface area contributed by atoms with E-state index in [0.29, 0.717) is 17.0 Å². The van der Waals surface area contributed by atoms with E-state index in [4.69, 9.17) is 11.6 Å². The molecule has 2 aromatic rings. The second-order valence-electron chi connectivity index (χ2n) is 5.02. The van der Waals surface area contributed by atoms with E-state index < -0.39 is 11.9 Å². The first-order valence-electron chi connectivity index (χ1n) is 6.76. The summed E-state index contributed by atoms with van der Waals surface area (Å²) in [6.45, 7) is 4.30. The minimum atomic E-state index is -0.913. The number of rotatable bonds is 4. The van der Waals surface area contributed by atoms with Crippen LogP contribution in [0.15, 0.2) is 42.5 Å². The van der Waals surface area contributed by atoms with Gasteiger partial charge < -0.3 is 5.11 Å². The molecule has 1 N–H and O–H groups in total. The average Bonchev–Trinajstić information content (AvgIpc) is 2.48. The number of hydrogen-bond acceptors (Lipinski definition) is 1. The van der Waals surface area contributed by atoms with E-state index in [9.17, 15) is 9.50 Å². The van der Waals surface area contributed by atoms with Crippen molar-refractivity contribution >= 4 is 11.6 Å². The smallest absolute Gasteiger partial charge is 0.142 e. The maximum atomic E-state index is 13.4. The molecule has 0 bridgehead atoms. The summed E-state index contributed by atoms with van der Waals surface area (Å²) in [5.74, 6) is -0.0293. The fourth-order valence-corrected chi connectivity index (χ4v) is 2.38. The summed E-state index contributed by atoms with van der Waals surface area (Å²) in [7, 11) is 0. The first-order chi connectivity index (χ1) is 9.54. The van der Waals surface area contributed by atoms with Crippen molar-refractivity contribution in [3.05, 3.63) is 70.0 Å². The molecule has 0 fully saturated rings. The van der Waals surface area contributed by atoms with Gasteiger partial charge in [0.05, 0.1) is 5.02 Å². The van der Waals surface area contributed by atoms with Gasteiger partial charge in [-0.25, -0.2) is 4.39 Å². The van der Waals surface area contributed by atoms with Crippen LogP contribution in [0.25, 0.3) is 0 Å². The third-order valence-corrected chi connectivity index (χ3v) is 4.11. The second kappa shape index (κ2) is 6.38. The van der Waals surface area contributed by atoms with Crippen molar-refractivity contribution in [1.82, 2.24) is 0 Å². The molecular weight excluding hydrogens is 275 g/mol. The van der Waals surface area contributed by atoms with Crippen LogP contribution in [0, 0.1) is 5.82 Å². The minimum Gasteiger partial charge on any atom is -0.384 e. The van der Waals surface area contributed by atoms with Crippen LogP contribution in [-0.4, -0.2) is 5.11 Å². The van der Waals surface area contributed by atoms with Gasteiger partial charge in [0.2, 0.25) is 0 Å². The van der Waals surface area contributed by atoms with E-state index >= 15 is 0 Å². The van der Waals surface area contributed by atoms with E-state index in [-0.39, 0.29) is 5.02 Å². The second-order valence-corrected chi connectivity index (χ2v) is 5.40. The number of aliphatic hydroxyl groups is 1. The molecule has 0 saturated carbocycles. The highest BCUT2D eigenvalue weighted by Crippen LogP contribution is 2.30. The molecule has 0 saturated heterocycles. The van der Waals surface area contributed by atoms with Crippen LogP contribution in [0.1, 0.15) is 49.0 Å². The summed E-state index contributed by atoms with van der Waals surface area (Å²) < 4.78 is 13.4. The van der Waals surface area contributed by atoms with E-state index in [1.807, 2.05) is 24.3 Å². The standard InChI is InChI=1S/C17H18ClFO/c1-3-11(2)12-7-9-13(10-8-12)17(20)14-5-4-6-15(19)16(14)18/h4-11,17,20H,3H2,1-2H3. The molecule has 2 unspecified atom stereocenters. The van der Waals surface area contributed by atoms with Gasteiger partial charge in [0.25, 0.3) is 0 Å². The summed E-state index contributed by atoms with van der Waals surface area (Å²) in [6, 6.07) is 12.2. The van der Waals surface area contributed by atoms with Crippen molar-refractivity contribution in [2.75, 3.05) is 0 Å². The van der Waals surface area contributed by atoms with Crippen LogP contribution >= 0.6 is 11.6 Å². The normalized spacial score (nSPS) is 14.1. The minimum absolute atomic E-state index is 0.0222. The fourth-order valence-electron chi connectivity index (χ4n) is 2.15. The van der Waals surface area contributed by atoms with Crippen molar-refractivity contribution in [3.63, 3.8) is 0 Å². The summed E-state index contributed by atoms with van der Waals surface area (Å²) in [4.78, 5) is 0. The molecule has 2 aromatic carbocycles. The van der Waals surface area contributed by atoms with Crippen LogP contribution in [-0.2, 0) is 0 Å². The molecule has 0 radical (unpaired) electrons. The van der Waals surface area contributed by atoms with E-state index in [2.05, 4.69) is 13.8 Å². The zero-order chi connectivity index (χ0) is 14.7. The SMILES string of the molecule is CCC(C)c1ccc(C(O)c2cccc(F)c2Cl)cc1. The van der Waals surface area contributed by atoms with Crippen molar-refractivity contribution in [2.24, 2.45) is 0 Å². The number of halogens is 2. The summed E-state index contributed by atoms with van der Waals surface area (Å²) >= 11 is 5.91. The van der Waals surface area contributed by atoms with Crippen LogP contribution < -0.4 is 0 Å². The van der Waals surface area contributed by atoms with Crippen LogP contribution in [0.5, 0.6) is 0 Å². The quantitative estimate of drug-likeness (QED) is 0.833. The highest BCUT2D eigenvalue weighted by molar-refractivity contribution is 6.31. The predicted octanol–water partition coefficient (Wildman–Crippen LogP) is 5.07. The third-order valence-electron chi connectivity index (χ3n) is 3.71. The van der Waals surface area contributed by atoms with Gasteiger partial charge in [-0.1, -0.05) is 61.8 Å². The first-order valence-corrected chi connectivity index (χ1v) is 7.14. The summed E-state index contributed by atoms with van der Waals surface area (Å²) in [5, 5.41) is 10.3. The molecule has 3 heteroatoms. The van der Waals surface area contributed by atoms with Crippen molar-refractivity contribution < 1.29 is 9.50 Å². The van der Waals surface area contributed by atoms with Crippen molar-refractivity contribution in [3.8, 4) is 0 Å². The third kappa shape index (κ3) is 3.02. The lowest BCUT2D eigenvalue weighted by Crippen LogP contribution is -2.02. The van der Waals surface area contributed by atoms with Gasteiger partial charge >= 0.3 is 0 Å². The Hall–Kier alpha value is -1.38. The zero-order valence-electron chi connectivity index (χ0n) is 11.6. The maximum absolute atomic E-state index is 13.4. The van der Waals surface area contributed by atoms with Gasteiger partial charge in [-0.05, 0) is 29.5 Å². The van der Waals surface area contributed by atoms with Crippen LogP contribution in [0.3, 0.4) is 0 Å². The van der Waals surface area contributed by atoms with Gasteiger partial charge in [0.15, 0.2) is 0 Å². The summed E-state index contributed by atoms with van der Waals surface area (Å²) in [6.07, 6.45) is 0.154.